The second kappa shape index (κ2) is 16.4. The molecule has 0 spiro atoms. The van der Waals surface area contributed by atoms with Crippen molar-refractivity contribution in [1.82, 2.24) is 4.98 Å². The highest BCUT2D eigenvalue weighted by Gasteiger charge is 2.08. The van der Waals surface area contributed by atoms with E-state index in [-0.39, 0.29) is 5.78 Å². The number of sulfone groups is 1. The lowest BCUT2D eigenvalue weighted by atomic mass is 10.0. The van der Waals surface area contributed by atoms with Crippen molar-refractivity contribution >= 4 is 33.8 Å². The third-order valence-electron chi connectivity index (χ3n) is 4.42. The van der Waals surface area contributed by atoms with E-state index >= 15 is 0 Å². The lowest BCUT2D eigenvalue weighted by Crippen LogP contribution is -2.19. The second-order valence-electron chi connectivity index (χ2n) is 8.62. The summed E-state index contributed by atoms with van der Waals surface area (Å²) in [7, 11) is -3.06. The van der Waals surface area contributed by atoms with Gasteiger partial charge in [-0.2, -0.15) is 0 Å². The number of carbonyl (C=O) groups is 1. The number of hydrogen-bond acceptors (Lipinski definition) is 5. The standard InChI is InChI=1S/C16H19NO.C11H16O2S.C3H6O/c1-6-8-10-15-13(5)17-16(18-15)14(9-7-2)11-12(3)4;1-4-5-10-8-11(14(3,12)13)7-6-9(10)2;1-3(2)4/h6-11H,2,5H2,1,3-4H3;6-8H,4-5H2,1-3H3;1-2H3/b8-6-,14-9+,15-10+;;. The van der Waals surface area contributed by atoms with Crippen LogP contribution in [0.3, 0.4) is 0 Å². The predicted octanol–water partition coefficient (Wildman–Crippen LogP) is 5.92. The van der Waals surface area contributed by atoms with Gasteiger partial charge in [0.05, 0.1) is 4.90 Å². The molecule has 0 fully saturated rings. The van der Waals surface area contributed by atoms with Gasteiger partial charge in [-0.1, -0.05) is 68.5 Å². The van der Waals surface area contributed by atoms with Crippen molar-refractivity contribution in [2.75, 3.05) is 6.26 Å². The first-order valence-electron chi connectivity index (χ1n) is 11.8. The van der Waals surface area contributed by atoms with Crippen LogP contribution in [0.5, 0.6) is 0 Å². The maximum absolute atomic E-state index is 11.3. The molecule has 0 radical (unpaired) electrons. The minimum absolute atomic E-state index is 0.167. The first-order valence-corrected chi connectivity index (χ1v) is 13.7. The monoisotopic (exact) mass is 511 g/mol. The number of aryl methyl sites for hydroxylation is 2. The fraction of sp³-hybridized carbons (Fsp3) is 0.333. The Bertz CT molecular complexity index is 1320. The average molecular weight is 512 g/mol. The molecule has 2 aromatic rings. The van der Waals surface area contributed by atoms with Crippen LogP contribution in [0.2, 0.25) is 0 Å². The van der Waals surface area contributed by atoms with Gasteiger partial charge in [0.2, 0.25) is 5.89 Å². The van der Waals surface area contributed by atoms with Gasteiger partial charge in [0.1, 0.15) is 11.1 Å². The molecular weight excluding hydrogens is 470 g/mol. The van der Waals surface area contributed by atoms with E-state index in [1.807, 2.05) is 64.1 Å². The zero-order valence-corrected chi connectivity index (χ0v) is 23.8. The minimum atomic E-state index is -3.06. The number of allylic oxidation sites excluding steroid dienone is 7. The topological polar surface area (TPSA) is 77.2 Å². The predicted molar refractivity (Wildman–Crippen MR) is 153 cm³/mol. The molecule has 0 atom stereocenters. The third kappa shape index (κ3) is 13.0. The summed E-state index contributed by atoms with van der Waals surface area (Å²) in [6.45, 7) is 20.7. The molecule has 1 aromatic carbocycles. The molecule has 0 bridgehead atoms. The van der Waals surface area contributed by atoms with E-state index in [2.05, 4.69) is 25.1 Å². The second-order valence-corrected chi connectivity index (χ2v) is 10.6. The molecule has 0 saturated carbocycles. The molecule has 0 aliphatic heterocycles. The normalized spacial score (nSPS) is 11.8. The fourth-order valence-corrected chi connectivity index (χ4v) is 3.51. The Hall–Kier alpha value is -3.25. The summed E-state index contributed by atoms with van der Waals surface area (Å²) in [5.74, 6) is 0.733. The van der Waals surface area contributed by atoms with E-state index in [0.717, 1.165) is 24.0 Å². The summed E-state index contributed by atoms with van der Waals surface area (Å²) in [5, 5.41) is 0.639. The molecule has 0 saturated heterocycles. The third-order valence-corrected chi connectivity index (χ3v) is 5.53. The van der Waals surface area contributed by atoms with Crippen LogP contribution in [-0.2, 0) is 21.1 Å². The molecule has 196 valence electrons. The Morgan fingerprint density at radius 2 is 1.78 bits per heavy atom. The van der Waals surface area contributed by atoms with Gasteiger partial charge >= 0.3 is 0 Å². The Kier molecular flexibility index (Phi) is 14.9. The molecule has 1 heterocycles. The number of nitrogens with zero attached hydrogens (tertiary/aromatic N) is 1. The van der Waals surface area contributed by atoms with Gasteiger partial charge in [-0.3, -0.25) is 0 Å². The van der Waals surface area contributed by atoms with Gasteiger partial charge in [0.15, 0.2) is 15.3 Å². The number of Topliss-reactive ketones (excluding diaryl/α,β-unsaturated/α-hetero) is 1. The largest absolute Gasteiger partial charge is 0.436 e. The Balaban J connectivity index is 0.000000606. The van der Waals surface area contributed by atoms with E-state index in [1.54, 1.807) is 18.2 Å². The molecule has 0 aliphatic carbocycles. The Morgan fingerprint density at radius 3 is 2.25 bits per heavy atom. The summed E-state index contributed by atoms with van der Waals surface area (Å²) < 4.78 is 28.3. The van der Waals surface area contributed by atoms with E-state index in [9.17, 15) is 13.2 Å². The summed E-state index contributed by atoms with van der Waals surface area (Å²) in [6.07, 6.45) is 14.5. The van der Waals surface area contributed by atoms with Crippen molar-refractivity contribution in [2.24, 2.45) is 0 Å². The molecule has 0 aliphatic rings. The summed E-state index contributed by atoms with van der Waals surface area (Å²) in [6, 6.07) is 5.33. The van der Waals surface area contributed by atoms with Crippen molar-refractivity contribution in [3.05, 3.63) is 88.5 Å². The number of oxazole rings is 1. The van der Waals surface area contributed by atoms with Crippen molar-refractivity contribution in [3.8, 4) is 0 Å². The Labute approximate surface area is 217 Å². The van der Waals surface area contributed by atoms with E-state index < -0.39 is 9.84 Å². The number of benzene rings is 1. The van der Waals surface area contributed by atoms with Crippen LogP contribution in [-0.4, -0.2) is 25.4 Å². The van der Waals surface area contributed by atoms with Crippen LogP contribution in [0.15, 0.2) is 70.0 Å². The number of ketones is 1. The number of aromatic nitrogens is 1. The SMILES string of the molecule is C=C/C=C(\C=C(C)C)c1nc(=C)/c(=C\C=C/C)o1.CC(C)=O.CCCc1cc(S(C)(=O)=O)ccc1C. The van der Waals surface area contributed by atoms with Crippen molar-refractivity contribution in [2.45, 2.75) is 66.2 Å². The van der Waals surface area contributed by atoms with Gasteiger partial charge in [-0.15, -0.1) is 0 Å². The maximum Gasteiger partial charge on any atom is 0.227 e. The molecule has 5 nitrogen and oxygen atoms in total. The molecule has 36 heavy (non-hydrogen) atoms. The summed E-state index contributed by atoms with van der Waals surface area (Å²) in [5.41, 5.74) is 5.05. The Morgan fingerprint density at radius 1 is 1.17 bits per heavy atom. The number of rotatable bonds is 7. The molecule has 0 unspecified atom stereocenters. The van der Waals surface area contributed by atoms with Crippen LogP contribution in [0, 0.1) is 6.92 Å². The average Bonchev–Trinajstić information content (AvgIpc) is 3.13. The summed E-state index contributed by atoms with van der Waals surface area (Å²) >= 11 is 0. The quantitative estimate of drug-likeness (QED) is 0.431. The molecule has 1 aromatic heterocycles. The van der Waals surface area contributed by atoms with E-state index in [1.165, 1.54) is 31.2 Å². The minimum Gasteiger partial charge on any atom is -0.436 e. The van der Waals surface area contributed by atoms with Crippen LogP contribution < -0.4 is 10.8 Å². The molecule has 0 N–H and O–H groups in total. The number of carbonyl (C=O) groups excluding carboxylic acids is 1. The zero-order valence-electron chi connectivity index (χ0n) is 23.0. The molecule has 6 heteroatoms. The first-order chi connectivity index (χ1) is 16.8. The van der Waals surface area contributed by atoms with Crippen molar-refractivity contribution < 1.29 is 17.6 Å². The van der Waals surface area contributed by atoms with Crippen molar-refractivity contribution in [1.29, 1.82) is 0 Å². The molecular formula is C30H41NO4S. The van der Waals surface area contributed by atoms with Gasteiger partial charge < -0.3 is 9.21 Å². The molecule has 2 rings (SSSR count). The lowest BCUT2D eigenvalue weighted by molar-refractivity contribution is -0.115. The van der Waals surface area contributed by atoms with E-state index in [4.69, 9.17) is 4.42 Å². The highest BCUT2D eigenvalue weighted by atomic mass is 32.2. The smallest absolute Gasteiger partial charge is 0.227 e. The van der Waals surface area contributed by atoms with Gasteiger partial charge in [-0.05, 0) is 77.3 Å². The zero-order chi connectivity index (χ0) is 27.9. The van der Waals surface area contributed by atoms with E-state index in [0.29, 0.717) is 21.6 Å². The lowest BCUT2D eigenvalue weighted by Gasteiger charge is -2.06. The van der Waals surface area contributed by atoms with Crippen LogP contribution in [0.1, 0.15) is 65.0 Å². The van der Waals surface area contributed by atoms with Gasteiger partial charge in [0.25, 0.3) is 0 Å². The first kappa shape index (κ1) is 32.8. The highest BCUT2D eigenvalue weighted by molar-refractivity contribution is 7.90. The number of hydrogen-bond donors (Lipinski definition) is 0. The van der Waals surface area contributed by atoms with Gasteiger partial charge in [0, 0.05) is 11.8 Å². The van der Waals surface area contributed by atoms with Crippen molar-refractivity contribution in [3.63, 3.8) is 0 Å². The highest BCUT2D eigenvalue weighted by Crippen LogP contribution is 2.17. The van der Waals surface area contributed by atoms with Crippen LogP contribution >= 0.6 is 0 Å². The van der Waals surface area contributed by atoms with Gasteiger partial charge in [-0.25, -0.2) is 13.4 Å². The van der Waals surface area contributed by atoms with Crippen LogP contribution in [0.4, 0.5) is 0 Å². The summed E-state index contributed by atoms with van der Waals surface area (Å²) in [4.78, 5) is 14.2. The maximum atomic E-state index is 11.3. The fourth-order valence-electron chi connectivity index (χ4n) is 2.84. The van der Waals surface area contributed by atoms with Crippen LogP contribution in [0.25, 0.3) is 18.2 Å². The molecule has 0 amide bonds.